The van der Waals surface area contributed by atoms with Crippen LogP contribution in [0, 0.1) is 0 Å². The van der Waals surface area contributed by atoms with Gasteiger partial charge in [-0.2, -0.15) is 5.10 Å². The van der Waals surface area contributed by atoms with Crippen molar-refractivity contribution in [3.63, 3.8) is 0 Å². The SMILES string of the molecule is CCn1ncc2ncc(C(C)C)nc21. The van der Waals surface area contributed by atoms with Gasteiger partial charge in [0.2, 0.25) is 0 Å². The summed E-state index contributed by atoms with van der Waals surface area (Å²) < 4.78 is 1.87. The molecule has 0 atom stereocenters. The lowest BCUT2D eigenvalue weighted by molar-refractivity contribution is 0.672. The highest BCUT2D eigenvalue weighted by Gasteiger charge is 2.07. The molecular weight excluding hydrogens is 176 g/mol. The van der Waals surface area contributed by atoms with Gasteiger partial charge >= 0.3 is 0 Å². The number of rotatable bonds is 2. The van der Waals surface area contributed by atoms with Gasteiger partial charge < -0.3 is 0 Å². The summed E-state index contributed by atoms with van der Waals surface area (Å²) in [6.07, 6.45) is 3.59. The normalized spacial score (nSPS) is 11.4. The first kappa shape index (κ1) is 9.12. The number of hydrogen-bond donors (Lipinski definition) is 0. The van der Waals surface area contributed by atoms with Crippen LogP contribution in [0.25, 0.3) is 11.2 Å². The van der Waals surface area contributed by atoms with E-state index in [1.165, 1.54) is 0 Å². The van der Waals surface area contributed by atoms with Crippen molar-refractivity contribution in [3.05, 3.63) is 18.1 Å². The second-order valence-electron chi connectivity index (χ2n) is 3.62. The van der Waals surface area contributed by atoms with Crippen LogP contribution in [0.2, 0.25) is 0 Å². The molecule has 2 aromatic heterocycles. The Labute approximate surface area is 83.0 Å². The zero-order chi connectivity index (χ0) is 10.1. The molecule has 4 nitrogen and oxygen atoms in total. The summed E-state index contributed by atoms with van der Waals surface area (Å²) in [6.45, 7) is 7.11. The Morgan fingerprint density at radius 3 is 2.79 bits per heavy atom. The number of nitrogens with zero attached hydrogens (tertiary/aromatic N) is 4. The molecule has 0 amide bonds. The van der Waals surface area contributed by atoms with Crippen LogP contribution in [-0.2, 0) is 6.54 Å². The molecule has 0 N–H and O–H groups in total. The van der Waals surface area contributed by atoms with E-state index in [4.69, 9.17) is 0 Å². The minimum atomic E-state index is 0.409. The molecule has 0 fully saturated rings. The third kappa shape index (κ3) is 1.36. The summed E-state index contributed by atoms with van der Waals surface area (Å²) in [6, 6.07) is 0. The van der Waals surface area contributed by atoms with Crippen LogP contribution >= 0.6 is 0 Å². The van der Waals surface area contributed by atoms with Gasteiger partial charge in [-0.25, -0.2) is 14.6 Å². The number of hydrogen-bond acceptors (Lipinski definition) is 3. The van der Waals surface area contributed by atoms with E-state index >= 15 is 0 Å². The molecule has 0 aromatic carbocycles. The highest BCUT2D eigenvalue weighted by molar-refractivity contribution is 5.69. The molecule has 0 radical (unpaired) electrons. The van der Waals surface area contributed by atoms with Gasteiger partial charge in [-0.1, -0.05) is 13.8 Å². The van der Waals surface area contributed by atoms with Crippen molar-refractivity contribution >= 4 is 11.2 Å². The van der Waals surface area contributed by atoms with Gasteiger partial charge in [-0.15, -0.1) is 0 Å². The molecule has 0 bridgehead atoms. The Morgan fingerprint density at radius 2 is 2.14 bits per heavy atom. The fourth-order valence-electron chi connectivity index (χ4n) is 1.37. The van der Waals surface area contributed by atoms with Crippen molar-refractivity contribution in [1.82, 2.24) is 19.7 Å². The van der Waals surface area contributed by atoms with E-state index in [2.05, 4.69) is 35.8 Å². The van der Waals surface area contributed by atoms with E-state index in [0.29, 0.717) is 5.92 Å². The van der Waals surface area contributed by atoms with Crippen molar-refractivity contribution in [2.75, 3.05) is 0 Å². The molecule has 0 unspecified atom stereocenters. The lowest BCUT2D eigenvalue weighted by Gasteiger charge is -2.03. The van der Waals surface area contributed by atoms with E-state index in [-0.39, 0.29) is 0 Å². The standard InChI is InChI=1S/C10H14N4/c1-4-14-10-9(6-12-14)11-5-8(13-10)7(2)3/h5-7H,4H2,1-3H3. The van der Waals surface area contributed by atoms with Crippen molar-refractivity contribution < 1.29 is 0 Å². The Morgan fingerprint density at radius 1 is 1.36 bits per heavy atom. The van der Waals surface area contributed by atoms with Crippen LogP contribution < -0.4 is 0 Å². The molecule has 0 saturated heterocycles. The lowest BCUT2D eigenvalue weighted by atomic mass is 10.1. The predicted molar refractivity (Wildman–Crippen MR) is 55.1 cm³/mol. The highest BCUT2D eigenvalue weighted by atomic mass is 15.3. The average Bonchev–Trinajstić information content (AvgIpc) is 2.59. The third-order valence-electron chi connectivity index (χ3n) is 2.25. The molecule has 74 valence electrons. The van der Waals surface area contributed by atoms with E-state index < -0.39 is 0 Å². The van der Waals surface area contributed by atoms with Crippen LogP contribution in [0.4, 0.5) is 0 Å². The van der Waals surface area contributed by atoms with Crippen LogP contribution in [0.3, 0.4) is 0 Å². The minimum Gasteiger partial charge on any atom is -0.249 e. The second-order valence-corrected chi connectivity index (χ2v) is 3.62. The Kier molecular flexibility index (Phi) is 2.19. The fraction of sp³-hybridized carbons (Fsp3) is 0.500. The van der Waals surface area contributed by atoms with Crippen LogP contribution in [0.1, 0.15) is 32.4 Å². The molecule has 2 heterocycles. The zero-order valence-electron chi connectivity index (χ0n) is 8.73. The van der Waals surface area contributed by atoms with Gasteiger partial charge in [-0.3, -0.25) is 0 Å². The van der Waals surface area contributed by atoms with Gasteiger partial charge in [0, 0.05) is 12.7 Å². The monoisotopic (exact) mass is 190 g/mol. The largest absolute Gasteiger partial charge is 0.249 e. The Balaban J connectivity index is 2.61. The molecule has 14 heavy (non-hydrogen) atoms. The summed E-state index contributed by atoms with van der Waals surface area (Å²) in [5.74, 6) is 0.409. The molecule has 4 heteroatoms. The molecule has 0 aliphatic carbocycles. The lowest BCUT2D eigenvalue weighted by Crippen LogP contribution is -2.00. The van der Waals surface area contributed by atoms with Crippen LogP contribution in [0.5, 0.6) is 0 Å². The van der Waals surface area contributed by atoms with E-state index in [9.17, 15) is 0 Å². The Bertz CT molecular complexity index is 444. The van der Waals surface area contributed by atoms with Crippen molar-refractivity contribution in [3.8, 4) is 0 Å². The van der Waals surface area contributed by atoms with Gasteiger partial charge in [-0.05, 0) is 12.8 Å². The average molecular weight is 190 g/mol. The first-order valence-electron chi connectivity index (χ1n) is 4.90. The first-order chi connectivity index (χ1) is 6.72. The highest BCUT2D eigenvalue weighted by Crippen LogP contribution is 2.14. The molecule has 0 saturated carbocycles. The molecule has 2 aromatic rings. The second kappa shape index (κ2) is 3.36. The predicted octanol–water partition coefficient (Wildman–Crippen LogP) is 1.97. The number of aromatic nitrogens is 4. The number of fused-ring (bicyclic) bond motifs is 1. The maximum absolute atomic E-state index is 4.54. The van der Waals surface area contributed by atoms with Crippen LogP contribution in [-0.4, -0.2) is 19.7 Å². The minimum absolute atomic E-state index is 0.409. The van der Waals surface area contributed by atoms with Crippen molar-refractivity contribution in [2.24, 2.45) is 0 Å². The van der Waals surface area contributed by atoms with Gasteiger partial charge in [0.1, 0.15) is 5.52 Å². The smallest absolute Gasteiger partial charge is 0.177 e. The fourth-order valence-corrected chi connectivity index (χ4v) is 1.37. The maximum Gasteiger partial charge on any atom is 0.177 e. The van der Waals surface area contributed by atoms with Gasteiger partial charge in [0.15, 0.2) is 5.65 Å². The Hall–Kier alpha value is -1.45. The van der Waals surface area contributed by atoms with Crippen LogP contribution in [0.15, 0.2) is 12.4 Å². The van der Waals surface area contributed by atoms with Gasteiger partial charge in [0.25, 0.3) is 0 Å². The van der Waals surface area contributed by atoms with E-state index in [1.807, 2.05) is 10.9 Å². The van der Waals surface area contributed by atoms with Crippen molar-refractivity contribution in [1.29, 1.82) is 0 Å². The summed E-state index contributed by atoms with van der Waals surface area (Å²) in [4.78, 5) is 8.87. The summed E-state index contributed by atoms with van der Waals surface area (Å²) >= 11 is 0. The third-order valence-corrected chi connectivity index (χ3v) is 2.25. The molecule has 0 aliphatic rings. The van der Waals surface area contributed by atoms with E-state index in [0.717, 1.165) is 23.4 Å². The quantitative estimate of drug-likeness (QED) is 0.727. The van der Waals surface area contributed by atoms with E-state index in [1.54, 1.807) is 6.20 Å². The molecule has 0 aliphatic heterocycles. The zero-order valence-corrected chi connectivity index (χ0v) is 8.73. The molecular formula is C10H14N4. The van der Waals surface area contributed by atoms with Gasteiger partial charge in [0.05, 0.1) is 11.9 Å². The first-order valence-corrected chi connectivity index (χ1v) is 4.90. The molecule has 2 rings (SSSR count). The summed E-state index contributed by atoms with van der Waals surface area (Å²) in [7, 11) is 0. The number of aryl methyl sites for hydroxylation is 1. The van der Waals surface area contributed by atoms with Crippen molar-refractivity contribution in [2.45, 2.75) is 33.2 Å². The maximum atomic E-state index is 4.54. The summed E-state index contributed by atoms with van der Waals surface area (Å²) in [5.41, 5.74) is 2.78. The topological polar surface area (TPSA) is 43.6 Å². The molecule has 0 spiro atoms. The summed E-state index contributed by atoms with van der Waals surface area (Å²) in [5, 5.41) is 4.21.